The number of benzene rings is 1. The normalized spacial score (nSPS) is 12.7. The number of nitrogens with zero attached hydrogens (tertiary/aromatic N) is 2. The van der Waals surface area contributed by atoms with Gasteiger partial charge in [0.15, 0.2) is 5.75 Å². The zero-order valence-corrected chi connectivity index (χ0v) is 11.4. The molecule has 0 fully saturated rings. The summed E-state index contributed by atoms with van der Waals surface area (Å²) in [7, 11) is 0. The third-order valence-electron chi connectivity index (χ3n) is 2.64. The van der Waals surface area contributed by atoms with Gasteiger partial charge in [0, 0.05) is 22.4 Å². The predicted molar refractivity (Wildman–Crippen MR) is 75.5 cm³/mol. The lowest BCUT2D eigenvalue weighted by molar-refractivity contribution is 0.587. The van der Waals surface area contributed by atoms with Crippen LogP contribution in [0.15, 0.2) is 47.8 Å². The molecule has 0 saturated heterocycles. The summed E-state index contributed by atoms with van der Waals surface area (Å²) in [5.41, 5.74) is 2.38. The Morgan fingerprint density at radius 3 is 2.89 bits per heavy atom. The summed E-state index contributed by atoms with van der Waals surface area (Å²) in [6.45, 7) is 0. The number of pyridine rings is 1. The van der Waals surface area contributed by atoms with Gasteiger partial charge in [0.25, 0.3) is 0 Å². The molecule has 0 radical (unpaired) electrons. The highest BCUT2D eigenvalue weighted by atomic mass is 35.5. The molecule has 19 heavy (non-hydrogen) atoms. The summed E-state index contributed by atoms with van der Waals surface area (Å²) >= 11 is 4.61. The monoisotopic (exact) mass is 291 g/mol. The van der Waals surface area contributed by atoms with E-state index in [4.69, 9.17) is 11.6 Å². The van der Waals surface area contributed by atoms with Crippen LogP contribution in [0.5, 0.6) is 0 Å². The summed E-state index contributed by atoms with van der Waals surface area (Å²) in [5, 5.41) is 1.05. The molecule has 0 saturated carbocycles. The van der Waals surface area contributed by atoms with Crippen LogP contribution in [0, 0.1) is 0 Å². The Balaban J connectivity index is 1.85. The molecule has 1 aromatic carbocycles. The Kier molecular flexibility index (Phi) is 3.42. The molecule has 2 aromatic heterocycles. The van der Waals surface area contributed by atoms with E-state index in [9.17, 15) is 4.55 Å². The topological polar surface area (TPSA) is 64.6 Å². The number of hydrogen-bond donors (Lipinski definition) is 1. The maximum Gasteiger partial charge on any atom is 0.322 e. The second-order valence-electron chi connectivity index (χ2n) is 4.01. The van der Waals surface area contributed by atoms with E-state index in [-0.39, 0.29) is 0 Å². The maximum absolute atomic E-state index is 12.2. The van der Waals surface area contributed by atoms with Gasteiger partial charge in [-0.2, -0.15) is 4.98 Å². The molecular formula is C13H10ClN3OS. The van der Waals surface area contributed by atoms with Gasteiger partial charge in [0.05, 0.1) is 16.7 Å². The number of H-pyrrole nitrogens is 1. The number of rotatable bonds is 3. The van der Waals surface area contributed by atoms with E-state index >= 15 is 0 Å². The maximum atomic E-state index is 12.2. The molecule has 1 N–H and O–H groups in total. The van der Waals surface area contributed by atoms with E-state index in [2.05, 4.69) is 15.0 Å². The van der Waals surface area contributed by atoms with Crippen molar-refractivity contribution in [2.24, 2.45) is 0 Å². The number of para-hydroxylation sites is 2. The van der Waals surface area contributed by atoms with Crippen LogP contribution < -0.4 is 0 Å². The van der Waals surface area contributed by atoms with Crippen LogP contribution in [0.2, 0.25) is 5.02 Å². The Morgan fingerprint density at radius 1 is 1.26 bits per heavy atom. The Bertz CT molecular complexity index is 683. The van der Waals surface area contributed by atoms with Gasteiger partial charge in [-0.25, -0.2) is 0 Å². The van der Waals surface area contributed by atoms with E-state index in [1.165, 1.54) is 0 Å². The number of aromatic amines is 1. The van der Waals surface area contributed by atoms with Crippen LogP contribution >= 0.6 is 11.6 Å². The molecule has 0 spiro atoms. The first-order valence-corrected chi connectivity index (χ1v) is 7.35. The van der Waals surface area contributed by atoms with Crippen molar-refractivity contribution in [2.45, 2.75) is 10.9 Å². The van der Waals surface area contributed by atoms with E-state index in [0.29, 0.717) is 21.6 Å². The van der Waals surface area contributed by atoms with E-state index < -0.39 is 11.2 Å². The van der Waals surface area contributed by atoms with Crippen molar-refractivity contribution in [2.75, 3.05) is 0 Å². The average Bonchev–Trinajstić information content (AvgIpc) is 2.82. The zero-order valence-electron chi connectivity index (χ0n) is 9.84. The van der Waals surface area contributed by atoms with Gasteiger partial charge in [-0.3, -0.25) is 9.97 Å². The third kappa shape index (κ3) is 2.73. The highest BCUT2D eigenvalue weighted by Crippen LogP contribution is 2.18. The lowest BCUT2D eigenvalue weighted by Gasteiger charge is -2.06. The van der Waals surface area contributed by atoms with Crippen molar-refractivity contribution < 1.29 is 4.55 Å². The van der Waals surface area contributed by atoms with E-state index in [1.54, 1.807) is 18.3 Å². The number of imidazole rings is 1. The van der Waals surface area contributed by atoms with Gasteiger partial charge in [0.2, 0.25) is 0 Å². The Hall–Kier alpha value is -1.56. The molecule has 0 bridgehead atoms. The Labute approximate surface area is 118 Å². The largest absolute Gasteiger partial charge is 0.609 e. The van der Waals surface area contributed by atoms with Crippen LogP contribution in [0.25, 0.3) is 11.0 Å². The zero-order chi connectivity index (χ0) is 13.2. The molecule has 0 aliphatic heterocycles. The summed E-state index contributed by atoms with van der Waals surface area (Å²) in [5.74, 6) is 0.292. The second-order valence-corrected chi connectivity index (χ2v) is 5.82. The van der Waals surface area contributed by atoms with Gasteiger partial charge in [-0.15, -0.1) is 0 Å². The van der Waals surface area contributed by atoms with E-state index in [0.717, 1.165) is 11.0 Å². The molecule has 3 rings (SSSR count). The first kappa shape index (κ1) is 12.5. The quantitative estimate of drug-likeness (QED) is 0.755. The molecule has 4 nitrogen and oxygen atoms in total. The minimum Gasteiger partial charge on any atom is -0.609 e. The van der Waals surface area contributed by atoms with Crippen molar-refractivity contribution in [3.63, 3.8) is 0 Å². The van der Waals surface area contributed by atoms with Crippen molar-refractivity contribution in [3.8, 4) is 0 Å². The fraction of sp³-hybridized carbons (Fsp3) is 0.0769. The minimum absolute atomic E-state index is 0.292. The lowest BCUT2D eigenvalue weighted by atomic mass is 10.3. The van der Waals surface area contributed by atoms with Gasteiger partial charge < -0.3 is 4.55 Å². The smallest absolute Gasteiger partial charge is 0.322 e. The standard InChI is InChI=1S/C13H10ClN3OS/c14-9-5-6-15-10(7-9)8-19(18)13-16-11-3-1-2-4-12(11)17-13/h1-7H,8H2,(H,16,17). The molecule has 1 atom stereocenters. The first-order valence-electron chi connectivity index (χ1n) is 5.66. The lowest BCUT2D eigenvalue weighted by Crippen LogP contribution is -2.08. The predicted octanol–water partition coefficient (Wildman–Crippen LogP) is 2.92. The number of nitrogens with one attached hydrogen (secondary N) is 1. The minimum atomic E-state index is -1.26. The van der Waals surface area contributed by atoms with Crippen molar-refractivity contribution in [3.05, 3.63) is 53.3 Å². The second kappa shape index (κ2) is 5.21. The van der Waals surface area contributed by atoms with Gasteiger partial charge in [0.1, 0.15) is 0 Å². The number of fused-ring (bicyclic) bond motifs is 1. The highest BCUT2D eigenvalue weighted by molar-refractivity contribution is 7.90. The fourth-order valence-corrected chi connectivity index (χ4v) is 2.94. The highest BCUT2D eigenvalue weighted by Gasteiger charge is 2.17. The molecule has 0 amide bonds. The summed E-state index contributed by atoms with van der Waals surface area (Å²) in [6.07, 6.45) is 1.60. The summed E-state index contributed by atoms with van der Waals surface area (Å²) < 4.78 is 12.2. The van der Waals surface area contributed by atoms with Crippen LogP contribution in [-0.2, 0) is 16.9 Å². The Morgan fingerprint density at radius 2 is 2.11 bits per heavy atom. The number of halogens is 1. The molecule has 1 unspecified atom stereocenters. The summed E-state index contributed by atoms with van der Waals surface area (Å²) in [6, 6.07) is 11.0. The van der Waals surface area contributed by atoms with Gasteiger partial charge in [-0.05, 0) is 24.3 Å². The van der Waals surface area contributed by atoms with Crippen molar-refractivity contribution in [1.29, 1.82) is 0 Å². The van der Waals surface area contributed by atoms with Crippen LogP contribution in [0.1, 0.15) is 5.69 Å². The van der Waals surface area contributed by atoms with Crippen LogP contribution in [-0.4, -0.2) is 19.5 Å². The fourth-order valence-electron chi connectivity index (χ4n) is 1.77. The first-order chi connectivity index (χ1) is 9.22. The van der Waals surface area contributed by atoms with Crippen molar-refractivity contribution in [1.82, 2.24) is 15.0 Å². The molecule has 6 heteroatoms. The SMILES string of the molecule is [O-][S+](Cc1cc(Cl)ccn1)c1nc2ccccc2[nH]1. The van der Waals surface area contributed by atoms with E-state index in [1.807, 2.05) is 24.3 Å². The molecular weight excluding hydrogens is 282 g/mol. The molecule has 0 aliphatic rings. The number of hydrogen-bond acceptors (Lipinski definition) is 3. The van der Waals surface area contributed by atoms with Crippen LogP contribution in [0.3, 0.4) is 0 Å². The number of aromatic nitrogens is 3. The average molecular weight is 292 g/mol. The molecule has 96 valence electrons. The third-order valence-corrected chi connectivity index (χ3v) is 4.06. The van der Waals surface area contributed by atoms with Gasteiger partial charge >= 0.3 is 5.16 Å². The van der Waals surface area contributed by atoms with Crippen LogP contribution in [0.4, 0.5) is 0 Å². The van der Waals surface area contributed by atoms with Crippen molar-refractivity contribution >= 4 is 33.8 Å². The molecule has 0 aliphatic carbocycles. The summed E-state index contributed by atoms with van der Waals surface area (Å²) in [4.78, 5) is 11.5. The molecule has 2 heterocycles. The molecule has 3 aromatic rings. The van der Waals surface area contributed by atoms with Gasteiger partial charge in [-0.1, -0.05) is 23.7 Å².